The second-order valence-electron chi connectivity index (χ2n) is 8.64. The van der Waals surface area contributed by atoms with Crippen LogP contribution in [0.25, 0.3) is 0 Å². The second kappa shape index (κ2) is 10.6. The number of nitrogens with one attached hydrogen (secondary N) is 1. The predicted molar refractivity (Wildman–Crippen MR) is 134 cm³/mol. The van der Waals surface area contributed by atoms with E-state index in [0.717, 1.165) is 16.7 Å². The summed E-state index contributed by atoms with van der Waals surface area (Å²) in [6.07, 6.45) is 1.84. The Hall–Kier alpha value is -4.23. The Morgan fingerprint density at radius 1 is 1.00 bits per heavy atom. The normalized spacial score (nSPS) is 18.1. The smallest absolute Gasteiger partial charge is 0.290 e. The van der Waals surface area contributed by atoms with Crippen LogP contribution in [0.15, 0.2) is 97.0 Å². The zero-order valence-corrected chi connectivity index (χ0v) is 19.7. The van der Waals surface area contributed by atoms with Gasteiger partial charge >= 0.3 is 0 Å². The summed E-state index contributed by atoms with van der Waals surface area (Å²) in [5, 5.41) is 12.1. The van der Waals surface area contributed by atoms with Crippen molar-refractivity contribution in [1.29, 1.82) is 0 Å². The monoisotopic (exact) mass is 485 g/mol. The van der Waals surface area contributed by atoms with Gasteiger partial charge in [0, 0.05) is 18.0 Å². The molecule has 1 amide bonds. The van der Waals surface area contributed by atoms with Gasteiger partial charge in [-0.1, -0.05) is 55.1 Å². The van der Waals surface area contributed by atoms with E-state index in [1.165, 1.54) is 0 Å². The number of rotatable bonds is 8. The van der Waals surface area contributed by atoms with E-state index in [1.54, 1.807) is 0 Å². The lowest BCUT2D eigenvalue weighted by Crippen LogP contribution is -2.29. The fourth-order valence-corrected chi connectivity index (χ4v) is 4.15. The van der Waals surface area contributed by atoms with E-state index in [9.17, 15) is 9.90 Å². The molecule has 0 bridgehead atoms. The molecule has 2 aliphatic rings. The van der Waals surface area contributed by atoms with Crippen LogP contribution < -0.4 is 14.8 Å². The van der Waals surface area contributed by atoms with Gasteiger partial charge in [0.2, 0.25) is 6.79 Å². The number of ether oxygens (including phenoxy) is 4. The molecular formula is C29H27NO6. The van der Waals surface area contributed by atoms with Crippen LogP contribution in [0.5, 0.6) is 11.5 Å². The zero-order valence-electron chi connectivity index (χ0n) is 19.7. The van der Waals surface area contributed by atoms with Gasteiger partial charge in [-0.05, 0) is 47.0 Å². The third-order valence-electron chi connectivity index (χ3n) is 6.16. The van der Waals surface area contributed by atoms with Gasteiger partial charge < -0.3 is 29.4 Å². The first-order valence-electron chi connectivity index (χ1n) is 11.7. The molecule has 2 heterocycles. The highest BCUT2D eigenvalue weighted by atomic mass is 16.7. The van der Waals surface area contributed by atoms with Crippen molar-refractivity contribution in [2.45, 2.75) is 31.7 Å². The molecule has 0 saturated heterocycles. The Bertz CT molecular complexity index is 1270. The summed E-state index contributed by atoms with van der Waals surface area (Å²) < 4.78 is 23.0. The zero-order chi connectivity index (χ0) is 24.9. The number of allylic oxidation sites excluding steroid dienone is 1. The van der Waals surface area contributed by atoms with Crippen LogP contribution in [-0.2, 0) is 27.5 Å². The molecule has 3 aromatic carbocycles. The van der Waals surface area contributed by atoms with E-state index in [1.807, 2.05) is 78.9 Å². The standard InChI is InChI=1S/C29H27NO6/c1-19(33-17-21-9-7-20(16-31)8-10-21)26-14-23(22-11-12-25-27(13-22)35-18-34-25)15-28(36-26)29(32)30-24-5-3-2-4-6-24/h2-13,15,23,26,31H,1,14,16-18H2,(H,30,32)/t23-,26-/m0/s1. The van der Waals surface area contributed by atoms with Crippen LogP contribution >= 0.6 is 0 Å². The van der Waals surface area contributed by atoms with Crippen molar-refractivity contribution in [2.75, 3.05) is 12.1 Å². The fraction of sp³-hybridized carbons (Fsp3) is 0.207. The maximum atomic E-state index is 13.1. The van der Waals surface area contributed by atoms with Gasteiger partial charge in [0.1, 0.15) is 12.4 Å². The Morgan fingerprint density at radius 3 is 2.53 bits per heavy atom. The second-order valence-corrected chi connectivity index (χ2v) is 8.64. The van der Waals surface area contributed by atoms with E-state index < -0.39 is 6.10 Å². The lowest BCUT2D eigenvalue weighted by molar-refractivity contribution is -0.117. The minimum absolute atomic E-state index is 0.00877. The Kier molecular flexibility index (Phi) is 6.91. The van der Waals surface area contributed by atoms with Crippen LogP contribution in [0.1, 0.15) is 29.0 Å². The SMILES string of the molecule is C=C(OCc1ccc(CO)cc1)[C@@H]1C[C@H](c2ccc3c(c2)OCO3)C=C(C(=O)Nc2ccccc2)O1. The average Bonchev–Trinajstić information content (AvgIpc) is 3.40. The number of carbonyl (C=O) groups is 1. The first-order chi connectivity index (χ1) is 17.6. The molecule has 5 rings (SSSR count). The van der Waals surface area contributed by atoms with Crippen LogP contribution in [0, 0.1) is 0 Å². The third-order valence-corrected chi connectivity index (χ3v) is 6.16. The number of amides is 1. The molecule has 184 valence electrons. The third kappa shape index (κ3) is 5.37. The first-order valence-corrected chi connectivity index (χ1v) is 11.7. The number of aliphatic hydroxyl groups is 1. The van der Waals surface area contributed by atoms with E-state index >= 15 is 0 Å². The number of hydrogen-bond acceptors (Lipinski definition) is 6. The summed E-state index contributed by atoms with van der Waals surface area (Å²) in [4.78, 5) is 13.1. The van der Waals surface area contributed by atoms with E-state index in [0.29, 0.717) is 36.0 Å². The molecule has 0 radical (unpaired) electrons. The molecule has 0 spiro atoms. The number of aliphatic hydroxyl groups excluding tert-OH is 1. The van der Waals surface area contributed by atoms with Crippen molar-refractivity contribution < 1.29 is 28.8 Å². The molecule has 0 fully saturated rings. The molecule has 36 heavy (non-hydrogen) atoms. The molecule has 2 aliphatic heterocycles. The Balaban J connectivity index is 1.34. The lowest BCUT2D eigenvalue weighted by atomic mass is 9.89. The summed E-state index contributed by atoms with van der Waals surface area (Å²) in [7, 11) is 0. The maximum Gasteiger partial charge on any atom is 0.290 e. The summed E-state index contributed by atoms with van der Waals surface area (Å²) in [6.45, 7) is 4.59. The largest absolute Gasteiger partial charge is 0.490 e. The highest BCUT2D eigenvalue weighted by molar-refractivity contribution is 6.02. The van der Waals surface area contributed by atoms with Crippen molar-refractivity contribution in [3.63, 3.8) is 0 Å². The number of hydrogen-bond donors (Lipinski definition) is 2. The van der Waals surface area contributed by atoms with Crippen molar-refractivity contribution in [3.05, 3.63) is 114 Å². The molecule has 0 saturated carbocycles. The molecule has 0 unspecified atom stereocenters. The van der Waals surface area contributed by atoms with Crippen molar-refractivity contribution in [1.82, 2.24) is 0 Å². The molecule has 0 aromatic heterocycles. The topological polar surface area (TPSA) is 86.3 Å². The number of anilines is 1. The minimum atomic E-state index is -0.529. The van der Waals surface area contributed by atoms with Crippen LogP contribution in [0.3, 0.4) is 0 Å². The van der Waals surface area contributed by atoms with Gasteiger partial charge in [-0.2, -0.15) is 0 Å². The molecule has 7 nitrogen and oxygen atoms in total. The number of para-hydroxylation sites is 1. The van der Waals surface area contributed by atoms with Crippen LogP contribution in [-0.4, -0.2) is 23.9 Å². The van der Waals surface area contributed by atoms with Gasteiger partial charge in [-0.25, -0.2) is 0 Å². The average molecular weight is 486 g/mol. The summed E-state index contributed by atoms with van der Waals surface area (Å²) in [6, 6.07) is 22.5. The molecule has 3 aromatic rings. The quantitative estimate of drug-likeness (QED) is 0.435. The summed E-state index contributed by atoms with van der Waals surface area (Å²) >= 11 is 0. The van der Waals surface area contributed by atoms with Crippen molar-refractivity contribution in [3.8, 4) is 11.5 Å². The van der Waals surface area contributed by atoms with Crippen molar-refractivity contribution >= 4 is 11.6 Å². The molecular weight excluding hydrogens is 458 g/mol. The van der Waals surface area contributed by atoms with E-state index in [4.69, 9.17) is 18.9 Å². The lowest BCUT2D eigenvalue weighted by Gasteiger charge is -2.30. The molecule has 0 aliphatic carbocycles. The number of benzene rings is 3. The Morgan fingerprint density at radius 2 is 1.75 bits per heavy atom. The highest BCUT2D eigenvalue weighted by Crippen LogP contribution is 2.39. The van der Waals surface area contributed by atoms with Gasteiger partial charge in [0.05, 0.1) is 6.61 Å². The van der Waals surface area contributed by atoms with Gasteiger partial charge in [-0.15, -0.1) is 0 Å². The highest BCUT2D eigenvalue weighted by Gasteiger charge is 2.31. The van der Waals surface area contributed by atoms with Gasteiger partial charge in [0.25, 0.3) is 5.91 Å². The first kappa shape index (κ1) is 23.5. The van der Waals surface area contributed by atoms with E-state index in [2.05, 4.69) is 11.9 Å². The van der Waals surface area contributed by atoms with Crippen LogP contribution in [0.4, 0.5) is 5.69 Å². The summed E-state index contributed by atoms with van der Waals surface area (Å²) in [5.41, 5.74) is 3.42. The minimum Gasteiger partial charge on any atom is -0.490 e. The fourth-order valence-electron chi connectivity index (χ4n) is 4.15. The Labute approximate surface area is 209 Å². The van der Waals surface area contributed by atoms with Gasteiger partial charge in [-0.3, -0.25) is 4.79 Å². The molecule has 7 heteroatoms. The predicted octanol–water partition coefficient (Wildman–Crippen LogP) is 5.03. The van der Waals surface area contributed by atoms with Crippen LogP contribution in [0.2, 0.25) is 0 Å². The maximum absolute atomic E-state index is 13.1. The number of carbonyl (C=O) groups excluding carboxylic acids is 1. The molecule has 2 N–H and O–H groups in total. The number of fused-ring (bicyclic) bond motifs is 1. The summed E-state index contributed by atoms with van der Waals surface area (Å²) in [5.74, 6) is 1.55. The molecule has 2 atom stereocenters. The van der Waals surface area contributed by atoms with Gasteiger partial charge in [0.15, 0.2) is 23.4 Å². The van der Waals surface area contributed by atoms with E-state index in [-0.39, 0.29) is 31.0 Å². The van der Waals surface area contributed by atoms with Crippen molar-refractivity contribution in [2.24, 2.45) is 0 Å².